The van der Waals surface area contributed by atoms with Crippen molar-refractivity contribution in [3.05, 3.63) is 0 Å². The van der Waals surface area contributed by atoms with Gasteiger partial charge < -0.3 is 9.80 Å². The fourth-order valence-corrected chi connectivity index (χ4v) is 5.58. The molecule has 0 aliphatic carbocycles. The summed E-state index contributed by atoms with van der Waals surface area (Å²) in [6, 6.07) is 0.779. The van der Waals surface area contributed by atoms with Crippen molar-refractivity contribution in [2.24, 2.45) is 5.92 Å². The summed E-state index contributed by atoms with van der Waals surface area (Å²) >= 11 is 0. The van der Waals surface area contributed by atoms with Crippen molar-refractivity contribution in [3.63, 3.8) is 0 Å². The van der Waals surface area contributed by atoms with Crippen LogP contribution in [0.3, 0.4) is 0 Å². The molecule has 3 saturated heterocycles. The van der Waals surface area contributed by atoms with Gasteiger partial charge in [0.2, 0.25) is 0 Å². The molecular formula is C16H32N4O2S. The molecule has 0 aromatic carbocycles. The van der Waals surface area contributed by atoms with E-state index in [2.05, 4.69) is 9.80 Å². The molecule has 3 aliphatic heterocycles. The van der Waals surface area contributed by atoms with Gasteiger partial charge in [0, 0.05) is 52.9 Å². The maximum atomic E-state index is 12.2. The Morgan fingerprint density at radius 3 is 2.30 bits per heavy atom. The number of nitrogens with zero attached hydrogens (tertiary/aromatic N) is 4. The number of hydrogen-bond donors (Lipinski definition) is 0. The van der Waals surface area contributed by atoms with Crippen LogP contribution < -0.4 is 0 Å². The van der Waals surface area contributed by atoms with Gasteiger partial charge in [0.15, 0.2) is 0 Å². The van der Waals surface area contributed by atoms with Gasteiger partial charge in [-0.3, -0.25) is 0 Å². The zero-order chi connectivity index (χ0) is 16.4. The number of piperidine rings is 2. The van der Waals surface area contributed by atoms with Crippen LogP contribution in [0.5, 0.6) is 0 Å². The molecule has 0 bridgehead atoms. The van der Waals surface area contributed by atoms with Gasteiger partial charge in [0.25, 0.3) is 10.2 Å². The first-order valence-electron chi connectivity index (χ1n) is 9.12. The van der Waals surface area contributed by atoms with Gasteiger partial charge in [-0.15, -0.1) is 0 Å². The molecule has 0 saturated carbocycles. The Labute approximate surface area is 141 Å². The lowest BCUT2D eigenvalue weighted by Gasteiger charge is -2.46. The zero-order valence-electron chi connectivity index (χ0n) is 14.7. The zero-order valence-corrected chi connectivity index (χ0v) is 15.5. The smallest absolute Gasteiger partial charge is 0.281 e. The van der Waals surface area contributed by atoms with Crippen LogP contribution in [-0.2, 0) is 10.2 Å². The second kappa shape index (κ2) is 7.35. The molecule has 0 aromatic heterocycles. The van der Waals surface area contributed by atoms with Crippen LogP contribution in [0.15, 0.2) is 0 Å². The number of fused-ring (bicyclic) bond motifs is 1. The van der Waals surface area contributed by atoms with E-state index in [0.717, 1.165) is 31.6 Å². The molecule has 3 heterocycles. The van der Waals surface area contributed by atoms with Crippen LogP contribution >= 0.6 is 0 Å². The molecule has 0 radical (unpaired) electrons. The normalized spacial score (nSPS) is 32.1. The third-order valence-electron chi connectivity index (χ3n) is 5.84. The van der Waals surface area contributed by atoms with Crippen LogP contribution in [0.2, 0.25) is 0 Å². The molecule has 0 aromatic rings. The Hall–Kier alpha value is -0.210. The van der Waals surface area contributed by atoms with Gasteiger partial charge in [-0.05, 0) is 44.7 Å². The fourth-order valence-electron chi connectivity index (χ4n) is 4.50. The van der Waals surface area contributed by atoms with E-state index in [4.69, 9.17) is 0 Å². The summed E-state index contributed by atoms with van der Waals surface area (Å²) < 4.78 is 27.3. The average molecular weight is 345 g/mol. The monoisotopic (exact) mass is 344 g/mol. The minimum absolute atomic E-state index is 0.627. The van der Waals surface area contributed by atoms with Crippen LogP contribution in [0.1, 0.15) is 32.1 Å². The summed E-state index contributed by atoms with van der Waals surface area (Å²) in [6.45, 7) is 6.72. The number of rotatable bonds is 4. The van der Waals surface area contributed by atoms with Gasteiger partial charge in [-0.1, -0.05) is 6.42 Å². The van der Waals surface area contributed by atoms with E-state index in [1.54, 1.807) is 18.4 Å². The first kappa shape index (κ1) is 17.6. The second-order valence-corrected chi connectivity index (χ2v) is 9.63. The van der Waals surface area contributed by atoms with Crippen molar-refractivity contribution in [3.8, 4) is 0 Å². The van der Waals surface area contributed by atoms with Crippen LogP contribution in [-0.4, -0.2) is 92.8 Å². The van der Waals surface area contributed by atoms with Gasteiger partial charge >= 0.3 is 0 Å². The minimum Gasteiger partial charge on any atom is -0.300 e. The first-order chi connectivity index (χ1) is 11.0. The predicted molar refractivity (Wildman–Crippen MR) is 92.6 cm³/mol. The van der Waals surface area contributed by atoms with E-state index >= 15 is 0 Å². The molecule has 23 heavy (non-hydrogen) atoms. The molecule has 2 atom stereocenters. The van der Waals surface area contributed by atoms with Crippen molar-refractivity contribution in [1.82, 2.24) is 18.4 Å². The van der Waals surface area contributed by atoms with E-state index < -0.39 is 10.2 Å². The summed E-state index contributed by atoms with van der Waals surface area (Å²) in [6.07, 6.45) is 6.78. The maximum Gasteiger partial charge on any atom is 0.281 e. The largest absolute Gasteiger partial charge is 0.300 e. The van der Waals surface area contributed by atoms with Crippen molar-refractivity contribution in [1.29, 1.82) is 0 Å². The molecule has 3 aliphatic rings. The van der Waals surface area contributed by atoms with Gasteiger partial charge in [0.1, 0.15) is 0 Å². The molecule has 0 unspecified atom stereocenters. The molecule has 0 N–H and O–H groups in total. The Balaban J connectivity index is 1.52. The first-order valence-corrected chi connectivity index (χ1v) is 10.5. The topological polar surface area (TPSA) is 47.1 Å². The quantitative estimate of drug-likeness (QED) is 0.752. The molecule has 3 rings (SSSR count). The van der Waals surface area contributed by atoms with Crippen LogP contribution in [0, 0.1) is 5.92 Å². The highest BCUT2D eigenvalue weighted by molar-refractivity contribution is 7.86. The van der Waals surface area contributed by atoms with Crippen molar-refractivity contribution < 1.29 is 8.42 Å². The summed E-state index contributed by atoms with van der Waals surface area (Å²) in [5.41, 5.74) is 0. The molecule has 7 heteroatoms. The molecule has 3 fully saturated rings. The highest BCUT2D eigenvalue weighted by atomic mass is 32.2. The summed E-state index contributed by atoms with van der Waals surface area (Å²) in [5, 5.41) is 0. The van der Waals surface area contributed by atoms with E-state index in [1.165, 1.54) is 49.5 Å². The standard InChI is InChI=1S/C16H32N4O2S/c1-17(2)23(21,22)20-12-10-18(11-13-20)14-15-6-5-9-19-8-4-3-7-16(15)19/h15-16H,3-14H2,1-2H3/t15-,16+/m0/s1. The Kier molecular flexibility index (Phi) is 5.63. The minimum atomic E-state index is -3.24. The average Bonchev–Trinajstić information content (AvgIpc) is 2.55. The number of hydrogen-bond acceptors (Lipinski definition) is 4. The van der Waals surface area contributed by atoms with Gasteiger partial charge in [-0.25, -0.2) is 0 Å². The molecule has 134 valence electrons. The van der Waals surface area contributed by atoms with E-state index in [1.807, 2.05) is 0 Å². The van der Waals surface area contributed by atoms with Crippen molar-refractivity contribution in [2.75, 3.05) is 59.9 Å². The summed E-state index contributed by atoms with van der Waals surface area (Å²) in [5.74, 6) is 0.779. The lowest BCUT2D eigenvalue weighted by atomic mass is 9.83. The van der Waals surface area contributed by atoms with E-state index in [-0.39, 0.29) is 0 Å². The highest BCUT2D eigenvalue weighted by Crippen LogP contribution is 2.31. The second-order valence-electron chi connectivity index (χ2n) is 7.49. The summed E-state index contributed by atoms with van der Waals surface area (Å²) in [7, 11) is -0.0187. The third-order valence-corrected chi connectivity index (χ3v) is 7.78. The van der Waals surface area contributed by atoms with Crippen molar-refractivity contribution in [2.45, 2.75) is 38.1 Å². The highest BCUT2D eigenvalue weighted by Gasteiger charge is 2.35. The predicted octanol–water partition coefficient (Wildman–Crippen LogP) is 0.675. The molecule has 6 nitrogen and oxygen atoms in total. The lowest BCUT2D eigenvalue weighted by Crippen LogP contribution is -2.55. The summed E-state index contributed by atoms with van der Waals surface area (Å²) in [4.78, 5) is 5.20. The third kappa shape index (κ3) is 3.90. The Morgan fingerprint density at radius 2 is 1.61 bits per heavy atom. The lowest BCUT2D eigenvalue weighted by molar-refractivity contribution is 0.0345. The van der Waals surface area contributed by atoms with Gasteiger partial charge in [0.05, 0.1) is 0 Å². The van der Waals surface area contributed by atoms with E-state index in [0.29, 0.717) is 13.1 Å². The van der Waals surface area contributed by atoms with Crippen LogP contribution in [0.4, 0.5) is 0 Å². The molecular weight excluding hydrogens is 312 g/mol. The Morgan fingerprint density at radius 1 is 0.913 bits per heavy atom. The van der Waals surface area contributed by atoms with Gasteiger partial charge in [-0.2, -0.15) is 17.0 Å². The maximum absolute atomic E-state index is 12.2. The van der Waals surface area contributed by atoms with Crippen molar-refractivity contribution >= 4 is 10.2 Å². The Bertz CT molecular complexity index is 486. The van der Waals surface area contributed by atoms with E-state index in [9.17, 15) is 8.42 Å². The SMILES string of the molecule is CN(C)S(=O)(=O)N1CCN(C[C@@H]2CCCN3CCCC[C@H]23)CC1. The fraction of sp³-hybridized carbons (Fsp3) is 1.00. The molecule has 0 spiro atoms. The van der Waals surface area contributed by atoms with Crippen LogP contribution in [0.25, 0.3) is 0 Å². The number of piperazine rings is 1. The molecule has 0 amide bonds.